The van der Waals surface area contributed by atoms with Crippen LogP contribution in [0, 0.1) is 0 Å². The van der Waals surface area contributed by atoms with E-state index < -0.39 is 0 Å². The van der Waals surface area contributed by atoms with Crippen molar-refractivity contribution in [1.82, 2.24) is 10.4 Å². The summed E-state index contributed by atoms with van der Waals surface area (Å²) in [6.45, 7) is 1.42. The third-order valence-corrected chi connectivity index (χ3v) is 3.51. The van der Waals surface area contributed by atoms with Crippen LogP contribution in [-0.2, 0) is 9.59 Å². The second kappa shape index (κ2) is 9.00. The summed E-state index contributed by atoms with van der Waals surface area (Å²) in [5.74, 6) is -0.528. The Hall–Kier alpha value is -2.64. The Morgan fingerprint density at radius 3 is 2.56 bits per heavy atom. The molecular formula is C16H15Cl2N5O2. The van der Waals surface area contributed by atoms with Crippen molar-refractivity contribution in [3.05, 3.63) is 52.3 Å². The van der Waals surface area contributed by atoms with Gasteiger partial charge in [-0.25, -0.2) is 5.43 Å². The Labute approximate surface area is 154 Å². The molecular weight excluding hydrogens is 365 g/mol. The standard InChI is InChI=1S/C16H15Cl2N5O2/c1-10(24)22-12-4-2-3-11(5-12)20-9-16(25)23-21-6-13-14(17)7-19-8-15(13)18/h2-8,20H,9H2,1H3,(H,22,24)(H,23,25). The summed E-state index contributed by atoms with van der Waals surface area (Å²) in [5, 5.41) is 10.1. The average Bonchev–Trinajstić information content (AvgIpc) is 2.55. The van der Waals surface area contributed by atoms with Crippen LogP contribution in [-0.4, -0.2) is 29.6 Å². The Morgan fingerprint density at radius 1 is 1.20 bits per heavy atom. The first-order valence-corrected chi connectivity index (χ1v) is 7.93. The Balaban J connectivity index is 1.87. The number of rotatable bonds is 6. The van der Waals surface area contributed by atoms with Crippen LogP contribution in [0.4, 0.5) is 11.4 Å². The fourth-order valence-electron chi connectivity index (χ4n) is 1.85. The van der Waals surface area contributed by atoms with Crippen LogP contribution >= 0.6 is 23.2 Å². The Bertz CT molecular complexity index is 791. The minimum atomic E-state index is -0.359. The number of aromatic nitrogens is 1. The van der Waals surface area contributed by atoms with Crippen molar-refractivity contribution in [2.45, 2.75) is 6.92 Å². The smallest absolute Gasteiger partial charge is 0.259 e. The predicted molar refractivity (Wildman–Crippen MR) is 99.2 cm³/mol. The quantitative estimate of drug-likeness (QED) is 0.531. The highest BCUT2D eigenvalue weighted by Crippen LogP contribution is 2.20. The molecule has 0 radical (unpaired) electrons. The highest BCUT2D eigenvalue weighted by molar-refractivity contribution is 6.38. The van der Waals surface area contributed by atoms with Gasteiger partial charge in [0.05, 0.1) is 22.8 Å². The van der Waals surface area contributed by atoms with E-state index in [-0.39, 0.29) is 18.4 Å². The fourth-order valence-corrected chi connectivity index (χ4v) is 2.31. The topological polar surface area (TPSA) is 95.5 Å². The maximum Gasteiger partial charge on any atom is 0.259 e. The molecule has 3 N–H and O–H groups in total. The number of amides is 2. The first-order valence-electron chi connectivity index (χ1n) is 7.18. The van der Waals surface area contributed by atoms with Crippen LogP contribution in [0.25, 0.3) is 0 Å². The van der Waals surface area contributed by atoms with E-state index in [1.54, 1.807) is 24.3 Å². The maximum atomic E-state index is 11.8. The van der Waals surface area contributed by atoms with E-state index in [1.165, 1.54) is 25.5 Å². The van der Waals surface area contributed by atoms with E-state index in [1.807, 2.05) is 0 Å². The summed E-state index contributed by atoms with van der Waals surface area (Å²) in [6, 6.07) is 7.00. The molecule has 1 aromatic carbocycles. The zero-order valence-electron chi connectivity index (χ0n) is 13.2. The third kappa shape index (κ3) is 6.06. The largest absolute Gasteiger partial charge is 0.376 e. The molecule has 0 saturated carbocycles. The van der Waals surface area contributed by atoms with E-state index in [2.05, 4.69) is 26.1 Å². The van der Waals surface area contributed by atoms with Gasteiger partial charge >= 0.3 is 0 Å². The molecule has 2 amide bonds. The number of pyridine rings is 1. The summed E-state index contributed by atoms with van der Waals surface area (Å²) >= 11 is 11.9. The van der Waals surface area contributed by atoms with Gasteiger partial charge in [0.2, 0.25) is 5.91 Å². The van der Waals surface area contributed by atoms with Gasteiger partial charge in [-0.1, -0.05) is 29.3 Å². The second-order valence-electron chi connectivity index (χ2n) is 4.93. The molecule has 0 unspecified atom stereocenters. The van der Waals surface area contributed by atoms with Crippen LogP contribution in [0.1, 0.15) is 12.5 Å². The number of nitrogens with one attached hydrogen (secondary N) is 3. The summed E-state index contributed by atoms with van der Waals surface area (Å²) in [7, 11) is 0. The first kappa shape index (κ1) is 18.7. The van der Waals surface area contributed by atoms with E-state index >= 15 is 0 Å². The summed E-state index contributed by atoms with van der Waals surface area (Å²) in [6.07, 6.45) is 4.21. The van der Waals surface area contributed by atoms with E-state index in [0.29, 0.717) is 27.0 Å². The van der Waals surface area contributed by atoms with Crippen LogP contribution in [0.3, 0.4) is 0 Å². The molecule has 0 spiro atoms. The fraction of sp³-hybridized carbons (Fsp3) is 0.125. The molecule has 130 valence electrons. The summed E-state index contributed by atoms with van der Waals surface area (Å²) < 4.78 is 0. The van der Waals surface area contributed by atoms with Gasteiger partial charge in [0.15, 0.2) is 0 Å². The molecule has 0 fully saturated rings. The van der Waals surface area contributed by atoms with Crippen molar-refractivity contribution in [2.24, 2.45) is 5.10 Å². The number of hydrogen-bond acceptors (Lipinski definition) is 5. The number of hydrazone groups is 1. The number of benzene rings is 1. The molecule has 0 saturated heterocycles. The van der Waals surface area contributed by atoms with Crippen molar-refractivity contribution in [3.8, 4) is 0 Å². The van der Waals surface area contributed by atoms with Crippen molar-refractivity contribution >= 4 is 52.6 Å². The number of carbonyl (C=O) groups is 2. The van der Waals surface area contributed by atoms with Gasteiger partial charge < -0.3 is 10.6 Å². The monoisotopic (exact) mass is 379 g/mol. The van der Waals surface area contributed by atoms with Gasteiger partial charge in [-0.3, -0.25) is 14.6 Å². The van der Waals surface area contributed by atoms with Gasteiger partial charge in [-0.05, 0) is 18.2 Å². The van der Waals surface area contributed by atoms with Crippen molar-refractivity contribution in [2.75, 3.05) is 17.2 Å². The van der Waals surface area contributed by atoms with Crippen LogP contribution in [0.15, 0.2) is 41.8 Å². The lowest BCUT2D eigenvalue weighted by atomic mass is 10.2. The normalized spacial score (nSPS) is 10.5. The maximum absolute atomic E-state index is 11.8. The van der Waals surface area contributed by atoms with Gasteiger partial charge in [-0.15, -0.1) is 0 Å². The second-order valence-corrected chi connectivity index (χ2v) is 5.74. The zero-order valence-corrected chi connectivity index (χ0v) is 14.7. The van der Waals surface area contributed by atoms with Crippen LogP contribution in [0.5, 0.6) is 0 Å². The van der Waals surface area contributed by atoms with Crippen molar-refractivity contribution in [3.63, 3.8) is 0 Å². The van der Waals surface area contributed by atoms with Crippen LogP contribution in [0.2, 0.25) is 10.0 Å². The third-order valence-electron chi connectivity index (χ3n) is 2.91. The molecule has 25 heavy (non-hydrogen) atoms. The first-order chi connectivity index (χ1) is 12.0. The Kier molecular flexibility index (Phi) is 6.73. The molecule has 1 heterocycles. The number of nitrogens with zero attached hydrogens (tertiary/aromatic N) is 2. The van der Waals surface area contributed by atoms with Gasteiger partial charge in [0.25, 0.3) is 5.91 Å². The van der Waals surface area contributed by atoms with Crippen LogP contribution < -0.4 is 16.1 Å². The molecule has 0 aliphatic rings. The molecule has 0 aliphatic carbocycles. The summed E-state index contributed by atoms with van der Waals surface area (Å²) in [4.78, 5) is 26.7. The molecule has 9 heteroatoms. The van der Waals surface area contributed by atoms with E-state index in [9.17, 15) is 9.59 Å². The molecule has 0 atom stereocenters. The number of anilines is 2. The zero-order chi connectivity index (χ0) is 18.2. The molecule has 1 aromatic heterocycles. The number of carbonyl (C=O) groups excluding carboxylic acids is 2. The van der Waals surface area contributed by atoms with Crippen molar-refractivity contribution < 1.29 is 9.59 Å². The molecule has 2 aromatic rings. The average molecular weight is 380 g/mol. The predicted octanol–water partition coefficient (Wildman–Crippen LogP) is 2.91. The number of halogens is 2. The lowest BCUT2D eigenvalue weighted by Crippen LogP contribution is -2.25. The Morgan fingerprint density at radius 2 is 1.88 bits per heavy atom. The van der Waals surface area contributed by atoms with Gasteiger partial charge in [0.1, 0.15) is 0 Å². The lowest BCUT2D eigenvalue weighted by Gasteiger charge is -2.08. The highest BCUT2D eigenvalue weighted by Gasteiger charge is 2.04. The molecule has 2 rings (SSSR count). The van der Waals surface area contributed by atoms with Gasteiger partial charge in [-0.2, -0.15) is 5.10 Å². The number of hydrogen-bond donors (Lipinski definition) is 3. The molecule has 0 bridgehead atoms. The molecule has 0 aliphatic heterocycles. The highest BCUT2D eigenvalue weighted by atomic mass is 35.5. The van der Waals surface area contributed by atoms with E-state index in [0.717, 1.165) is 0 Å². The molecule has 7 nitrogen and oxygen atoms in total. The minimum Gasteiger partial charge on any atom is -0.376 e. The minimum absolute atomic E-state index is 0.00132. The van der Waals surface area contributed by atoms with Gasteiger partial charge in [0, 0.05) is 36.3 Å². The lowest BCUT2D eigenvalue weighted by molar-refractivity contribution is -0.119. The summed E-state index contributed by atoms with van der Waals surface area (Å²) in [5.41, 5.74) is 4.15. The SMILES string of the molecule is CC(=O)Nc1cccc(NCC(=O)NN=Cc2c(Cl)cncc2Cl)c1. The van der Waals surface area contributed by atoms with E-state index in [4.69, 9.17) is 23.2 Å². The van der Waals surface area contributed by atoms with Crippen molar-refractivity contribution in [1.29, 1.82) is 0 Å².